The summed E-state index contributed by atoms with van der Waals surface area (Å²) in [5.74, 6) is 3.70. The molecule has 4 rings (SSSR count). The third kappa shape index (κ3) is 4.26. The SMILES string of the molecule is Cc1ccc(CCC(=O)N2CC[C@@H](Oc3cccnc3N3CCCC3)C2)o1. The quantitative estimate of drug-likeness (QED) is 0.783. The van der Waals surface area contributed by atoms with E-state index in [1.165, 1.54) is 12.8 Å². The van der Waals surface area contributed by atoms with Gasteiger partial charge in [0, 0.05) is 45.1 Å². The molecule has 1 atom stereocenters. The van der Waals surface area contributed by atoms with Crippen LogP contribution in [0.3, 0.4) is 0 Å². The average Bonchev–Trinajstić information content (AvgIpc) is 3.42. The molecule has 6 heteroatoms. The summed E-state index contributed by atoms with van der Waals surface area (Å²) in [6.07, 6.45) is 6.25. The van der Waals surface area contributed by atoms with Gasteiger partial charge < -0.3 is 19.0 Å². The maximum atomic E-state index is 12.5. The molecule has 2 fully saturated rings. The van der Waals surface area contributed by atoms with Gasteiger partial charge in [-0.1, -0.05) is 0 Å². The summed E-state index contributed by atoms with van der Waals surface area (Å²) in [5, 5.41) is 0. The van der Waals surface area contributed by atoms with Crippen molar-refractivity contribution in [3.63, 3.8) is 0 Å². The first kappa shape index (κ1) is 17.9. The highest BCUT2D eigenvalue weighted by Crippen LogP contribution is 2.30. The Morgan fingerprint density at radius 1 is 1.26 bits per heavy atom. The molecule has 0 aromatic carbocycles. The van der Waals surface area contributed by atoms with E-state index in [0.29, 0.717) is 19.4 Å². The Hall–Kier alpha value is -2.50. The van der Waals surface area contributed by atoms with E-state index in [1.807, 2.05) is 42.3 Å². The van der Waals surface area contributed by atoms with E-state index >= 15 is 0 Å². The van der Waals surface area contributed by atoms with E-state index in [4.69, 9.17) is 9.15 Å². The first-order valence-electron chi connectivity index (χ1n) is 9.89. The number of anilines is 1. The Morgan fingerprint density at radius 3 is 2.89 bits per heavy atom. The number of ether oxygens (including phenoxy) is 1. The fourth-order valence-electron chi connectivity index (χ4n) is 3.88. The van der Waals surface area contributed by atoms with Crippen LogP contribution in [0.4, 0.5) is 5.82 Å². The number of furan rings is 1. The minimum absolute atomic E-state index is 0.0327. The molecule has 0 bridgehead atoms. The molecule has 2 aromatic heterocycles. The molecule has 0 radical (unpaired) electrons. The van der Waals surface area contributed by atoms with Crippen molar-refractivity contribution in [1.82, 2.24) is 9.88 Å². The van der Waals surface area contributed by atoms with E-state index in [9.17, 15) is 4.79 Å². The topological polar surface area (TPSA) is 58.8 Å². The van der Waals surface area contributed by atoms with Gasteiger partial charge in [-0.15, -0.1) is 0 Å². The Bertz CT molecular complexity index is 782. The molecule has 4 heterocycles. The van der Waals surface area contributed by atoms with Crippen LogP contribution in [0.25, 0.3) is 0 Å². The van der Waals surface area contributed by atoms with Crippen molar-refractivity contribution < 1.29 is 13.9 Å². The standard InChI is InChI=1S/C21H27N3O3/c1-16-6-7-17(26-16)8-9-20(25)24-14-10-18(15-24)27-19-5-4-11-22-21(19)23-12-2-3-13-23/h4-7,11,18H,2-3,8-10,12-15H2,1H3/t18-/m1/s1. The smallest absolute Gasteiger partial charge is 0.223 e. The third-order valence-corrected chi connectivity index (χ3v) is 5.33. The zero-order chi connectivity index (χ0) is 18.6. The van der Waals surface area contributed by atoms with Crippen LogP contribution in [-0.2, 0) is 11.2 Å². The molecule has 6 nitrogen and oxygen atoms in total. The van der Waals surface area contributed by atoms with E-state index in [0.717, 1.165) is 49.1 Å². The summed E-state index contributed by atoms with van der Waals surface area (Å²) in [4.78, 5) is 21.2. The average molecular weight is 369 g/mol. The molecule has 2 saturated heterocycles. The molecule has 2 aliphatic heterocycles. The van der Waals surface area contributed by atoms with E-state index < -0.39 is 0 Å². The van der Waals surface area contributed by atoms with Crippen molar-refractivity contribution in [2.45, 2.75) is 45.1 Å². The molecule has 1 amide bonds. The molecular weight excluding hydrogens is 342 g/mol. The predicted octanol–water partition coefficient (Wildman–Crippen LogP) is 3.20. The Morgan fingerprint density at radius 2 is 2.11 bits per heavy atom. The number of hydrogen-bond acceptors (Lipinski definition) is 5. The maximum Gasteiger partial charge on any atom is 0.223 e. The van der Waals surface area contributed by atoms with Gasteiger partial charge in [0.05, 0.1) is 6.54 Å². The predicted molar refractivity (Wildman–Crippen MR) is 103 cm³/mol. The van der Waals surface area contributed by atoms with Crippen LogP contribution in [0.1, 0.15) is 37.2 Å². The summed E-state index contributed by atoms with van der Waals surface area (Å²) >= 11 is 0. The van der Waals surface area contributed by atoms with Crippen molar-refractivity contribution in [3.8, 4) is 5.75 Å². The molecule has 0 saturated carbocycles. The zero-order valence-corrected chi connectivity index (χ0v) is 15.9. The molecular formula is C21H27N3O3. The number of amides is 1. The second-order valence-electron chi connectivity index (χ2n) is 7.40. The summed E-state index contributed by atoms with van der Waals surface area (Å²) < 4.78 is 11.8. The number of carbonyl (C=O) groups excluding carboxylic acids is 1. The van der Waals surface area contributed by atoms with Gasteiger partial charge in [0.15, 0.2) is 11.6 Å². The van der Waals surface area contributed by atoms with Crippen LogP contribution < -0.4 is 9.64 Å². The minimum atomic E-state index is 0.0327. The van der Waals surface area contributed by atoms with E-state index in [-0.39, 0.29) is 12.0 Å². The van der Waals surface area contributed by atoms with Gasteiger partial charge in [0.2, 0.25) is 5.91 Å². The number of rotatable bonds is 6. The lowest BCUT2D eigenvalue weighted by Crippen LogP contribution is -2.31. The summed E-state index contributed by atoms with van der Waals surface area (Å²) in [7, 11) is 0. The van der Waals surface area contributed by atoms with Crippen LogP contribution in [0.15, 0.2) is 34.9 Å². The van der Waals surface area contributed by atoms with Gasteiger partial charge in [-0.25, -0.2) is 4.98 Å². The molecule has 2 aromatic rings. The van der Waals surface area contributed by atoms with Gasteiger partial charge in [-0.2, -0.15) is 0 Å². The lowest BCUT2D eigenvalue weighted by atomic mass is 10.2. The number of aryl methyl sites for hydroxylation is 2. The molecule has 0 N–H and O–H groups in total. The van der Waals surface area contributed by atoms with Crippen LogP contribution >= 0.6 is 0 Å². The maximum absolute atomic E-state index is 12.5. The fraction of sp³-hybridized carbons (Fsp3) is 0.524. The molecule has 0 spiro atoms. The first-order chi connectivity index (χ1) is 13.2. The van der Waals surface area contributed by atoms with Crippen molar-refractivity contribution in [2.75, 3.05) is 31.1 Å². The van der Waals surface area contributed by atoms with Crippen molar-refractivity contribution in [2.24, 2.45) is 0 Å². The first-order valence-corrected chi connectivity index (χ1v) is 9.89. The highest BCUT2D eigenvalue weighted by Gasteiger charge is 2.29. The number of pyridine rings is 1. The van der Waals surface area contributed by atoms with Gasteiger partial charge in [-0.3, -0.25) is 4.79 Å². The molecule has 144 valence electrons. The van der Waals surface area contributed by atoms with Crippen LogP contribution in [0, 0.1) is 6.92 Å². The molecule has 2 aliphatic rings. The van der Waals surface area contributed by atoms with Crippen molar-refractivity contribution in [1.29, 1.82) is 0 Å². The highest BCUT2D eigenvalue weighted by atomic mass is 16.5. The number of aromatic nitrogens is 1. The lowest BCUT2D eigenvalue weighted by Gasteiger charge is -2.22. The van der Waals surface area contributed by atoms with Crippen molar-refractivity contribution >= 4 is 11.7 Å². The van der Waals surface area contributed by atoms with Crippen LogP contribution in [0.5, 0.6) is 5.75 Å². The Balaban J connectivity index is 1.31. The van der Waals surface area contributed by atoms with Gasteiger partial charge in [0.25, 0.3) is 0 Å². The molecule has 0 unspecified atom stereocenters. The second-order valence-corrected chi connectivity index (χ2v) is 7.40. The Labute approximate surface area is 160 Å². The monoisotopic (exact) mass is 369 g/mol. The highest BCUT2D eigenvalue weighted by molar-refractivity contribution is 5.76. The number of carbonyl (C=O) groups is 1. The summed E-state index contributed by atoms with van der Waals surface area (Å²) in [5.41, 5.74) is 0. The van der Waals surface area contributed by atoms with Crippen molar-refractivity contribution in [3.05, 3.63) is 42.0 Å². The van der Waals surface area contributed by atoms with Gasteiger partial charge >= 0.3 is 0 Å². The van der Waals surface area contributed by atoms with E-state index in [1.54, 1.807) is 0 Å². The number of likely N-dealkylation sites (tertiary alicyclic amines) is 1. The molecule has 27 heavy (non-hydrogen) atoms. The van der Waals surface area contributed by atoms with Crippen LogP contribution in [0.2, 0.25) is 0 Å². The summed E-state index contributed by atoms with van der Waals surface area (Å²) in [6, 6.07) is 7.79. The zero-order valence-electron chi connectivity index (χ0n) is 15.9. The molecule has 0 aliphatic carbocycles. The third-order valence-electron chi connectivity index (χ3n) is 5.33. The van der Waals surface area contributed by atoms with Crippen LogP contribution in [-0.4, -0.2) is 48.1 Å². The van der Waals surface area contributed by atoms with Gasteiger partial charge in [0.1, 0.15) is 17.6 Å². The largest absolute Gasteiger partial charge is 0.485 e. The second kappa shape index (κ2) is 8.03. The number of hydrogen-bond donors (Lipinski definition) is 0. The number of nitrogens with zero attached hydrogens (tertiary/aromatic N) is 3. The summed E-state index contributed by atoms with van der Waals surface area (Å²) in [6.45, 7) is 5.39. The van der Waals surface area contributed by atoms with E-state index in [2.05, 4.69) is 9.88 Å². The van der Waals surface area contributed by atoms with Gasteiger partial charge in [-0.05, 0) is 44.0 Å². The fourth-order valence-corrected chi connectivity index (χ4v) is 3.88. The lowest BCUT2D eigenvalue weighted by molar-refractivity contribution is -0.130. The Kier molecular flexibility index (Phi) is 5.32. The normalized spacial score (nSPS) is 19.7. The minimum Gasteiger partial charge on any atom is -0.485 e.